The topological polar surface area (TPSA) is 15.3 Å². The number of piperazine rings is 1. The van der Waals surface area contributed by atoms with Crippen LogP contribution in [0.5, 0.6) is 0 Å². The van der Waals surface area contributed by atoms with Crippen molar-refractivity contribution < 1.29 is 0 Å². The third-order valence-electron chi connectivity index (χ3n) is 2.58. The zero-order valence-electron chi connectivity index (χ0n) is 7.37. The third kappa shape index (κ3) is 1.76. The van der Waals surface area contributed by atoms with E-state index in [1.54, 1.807) is 0 Å². The molecule has 0 saturated carbocycles. The van der Waals surface area contributed by atoms with Crippen molar-refractivity contribution in [3.05, 3.63) is 24.3 Å². The first-order valence-electron chi connectivity index (χ1n) is 4.75. The molecule has 0 amide bonds. The van der Waals surface area contributed by atoms with Crippen LogP contribution in [0.25, 0.3) is 0 Å². The van der Waals surface area contributed by atoms with Crippen LogP contribution in [-0.4, -0.2) is 37.1 Å². The second kappa shape index (κ2) is 3.87. The second-order valence-corrected chi connectivity index (χ2v) is 3.40. The van der Waals surface area contributed by atoms with Crippen LogP contribution in [0.15, 0.2) is 24.3 Å². The molecule has 0 aromatic carbocycles. The number of nitrogens with one attached hydrogen (secondary N) is 1. The molecule has 2 rings (SSSR count). The molecule has 0 aromatic rings. The minimum atomic E-state index is 0.664. The molecule has 1 unspecified atom stereocenters. The first kappa shape index (κ1) is 8.02. The quantitative estimate of drug-likeness (QED) is 0.616. The SMILES string of the molecule is C1=CCC(N2CCNCC2)C=C1. The molecule has 0 bridgehead atoms. The minimum Gasteiger partial charge on any atom is -0.314 e. The van der Waals surface area contributed by atoms with E-state index in [2.05, 4.69) is 34.5 Å². The van der Waals surface area contributed by atoms with Gasteiger partial charge < -0.3 is 5.32 Å². The number of hydrogen-bond acceptors (Lipinski definition) is 2. The fourth-order valence-corrected chi connectivity index (χ4v) is 1.85. The number of allylic oxidation sites excluding steroid dienone is 2. The van der Waals surface area contributed by atoms with Crippen LogP contribution in [0.3, 0.4) is 0 Å². The summed E-state index contributed by atoms with van der Waals surface area (Å²) in [4.78, 5) is 2.55. The average Bonchev–Trinajstić information content (AvgIpc) is 2.21. The normalized spacial score (nSPS) is 30.8. The van der Waals surface area contributed by atoms with Gasteiger partial charge in [-0.25, -0.2) is 0 Å². The molecule has 66 valence electrons. The Labute approximate surface area is 73.9 Å². The highest BCUT2D eigenvalue weighted by Gasteiger charge is 2.17. The van der Waals surface area contributed by atoms with Crippen LogP contribution in [-0.2, 0) is 0 Å². The van der Waals surface area contributed by atoms with Crippen LogP contribution in [0.4, 0.5) is 0 Å². The molecule has 2 nitrogen and oxygen atoms in total. The molecule has 12 heavy (non-hydrogen) atoms. The number of hydrogen-bond donors (Lipinski definition) is 1. The van der Waals surface area contributed by atoms with Gasteiger partial charge in [0.05, 0.1) is 0 Å². The highest BCUT2D eigenvalue weighted by atomic mass is 15.2. The van der Waals surface area contributed by atoms with E-state index in [1.807, 2.05) is 0 Å². The van der Waals surface area contributed by atoms with Crippen molar-refractivity contribution >= 4 is 0 Å². The van der Waals surface area contributed by atoms with Crippen molar-refractivity contribution in [1.29, 1.82) is 0 Å². The predicted octanol–water partition coefficient (Wildman–Crippen LogP) is 0.776. The molecule has 1 aliphatic heterocycles. The highest BCUT2D eigenvalue weighted by Crippen LogP contribution is 2.11. The molecule has 2 aliphatic rings. The summed E-state index contributed by atoms with van der Waals surface area (Å²) >= 11 is 0. The Morgan fingerprint density at radius 1 is 1.17 bits per heavy atom. The zero-order valence-corrected chi connectivity index (χ0v) is 7.37. The molecule has 1 fully saturated rings. The number of rotatable bonds is 1. The Hall–Kier alpha value is -0.600. The average molecular weight is 164 g/mol. The van der Waals surface area contributed by atoms with E-state index in [-0.39, 0.29) is 0 Å². The zero-order chi connectivity index (χ0) is 8.23. The smallest absolute Gasteiger partial charge is 0.0316 e. The van der Waals surface area contributed by atoms with Gasteiger partial charge in [0.15, 0.2) is 0 Å². The minimum absolute atomic E-state index is 0.664. The summed E-state index contributed by atoms with van der Waals surface area (Å²) in [5.74, 6) is 0. The molecule has 1 saturated heterocycles. The van der Waals surface area contributed by atoms with Crippen LogP contribution in [0, 0.1) is 0 Å². The third-order valence-corrected chi connectivity index (χ3v) is 2.58. The Morgan fingerprint density at radius 3 is 2.67 bits per heavy atom. The summed E-state index contributed by atoms with van der Waals surface area (Å²) in [7, 11) is 0. The van der Waals surface area contributed by atoms with Crippen molar-refractivity contribution in [3.8, 4) is 0 Å². The van der Waals surface area contributed by atoms with Crippen LogP contribution in [0.1, 0.15) is 6.42 Å². The highest BCUT2D eigenvalue weighted by molar-refractivity contribution is 5.14. The van der Waals surface area contributed by atoms with Crippen LogP contribution >= 0.6 is 0 Å². The Morgan fingerprint density at radius 2 is 2.00 bits per heavy atom. The summed E-state index contributed by atoms with van der Waals surface area (Å²) in [5.41, 5.74) is 0. The molecule has 0 aromatic heterocycles. The van der Waals surface area contributed by atoms with Gasteiger partial charge in [0.1, 0.15) is 0 Å². The van der Waals surface area contributed by atoms with Gasteiger partial charge in [-0.05, 0) is 6.42 Å². The lowest BCUT2D eigenvalue weighted by molar-refractivity contribution is 0.202. The van der Waals surface area contributed by atoms with E-state index in [0.717, 1.165) is 13.1 Å². The summed E-state index contributed by atoms with van der Waals surface area (Å²) in [5, 5.41) is 3.37. The van der Waals surface area contributed by atoms with E-state index < -0.39 is 0 Å². The van der Waals surface area contributed by atoms with E-state index in [0.29, 0.717) is 6.04 Å². The maximum Gasteiger partial charge on any atom is 0.0316 e. The molecule has 0 spiro atoms. The largest absolute Gasteiger partial charge is 0.314 e. The van der Waals surface area contributed by atoms with Gasteiger partial charge >= 0.3 is 0 Å². The summed E-state index contributed by atoms with van der Waals surface area (Å²) in [6, 6.07) is 0.664. The Kier molecular flexibility index (Phi) is 2.59. The first-order valence-corrected chi connectivity index (χ1v) is 4.75. The van der Waals surface area contributed by atoms with E-state index in [4.69, 9.17) is 0 Å². The Balaban J connectivity index is 1.90. The van der Waals surface area contributed by atoms with Crippen molar-refractivity contribution in [2.45, 2.75) is 12.5 Å². The van der Waals surface area contributed by atoms with Gasteiger partial charge in [0.2, 0.25) is 0 Å². The second-order valence-electron chi connectivity index (χ2n) is 3.40. The molecule has 1 heterocycles. The standard InChI is InChI=1S/C10H16N2/c1-2-4-10(5-3-1)12-8-6-11-7-9-12/h1-4,10-11H,5-9H2. The van der Waals surface area contributed by atoms with E-state index >= 15 is 0 Å². The van der Waals surface area contributed by atoms with Crippen molar-refractivity contribution in [1.82, 2.24) is 10.2 Å². The summed E-state index contributed by atoms with van der Waals surface area (Å²) < 4.78 is 0. The van der Waals surface area contributed by atoms with Gasteiger partial charge in [-0.1, -0.05) is 24.3 Å². The lowest BCUT2D eigenvalue weighted by atomic mass is 10.1. The molecule has 0 radical (unpaired) electrons. The summed E-state index contributed by atoms with van der Waals surface area (Å²) in [6.45, 7) is 4.69. The fourth-order valence-electron chi connectivity index (χ4n) is 1.85. The number of nitrogens with zero attached hydrogens (tertiary/aromatic N) is 1. The van der Waals surface area contributed by atoms with E-state index in [9.17, 15) is 0 Å². The van der Waals surface area contributed by atoms with Crippen molar-refractivity contribution in [2.24, 2.45) is 0 Å². The van der Waals surface area contributed by atoms with Crippen molar-refractivity contribution in [2.75, 3.05) is 26.2 Å². The molecule has 1 atom stereocenters. The maximum atomic E-state index is 3.37. The van der Waals surface area contributed by atoms with Crippen LogP contribution < -0.4 is 5.32 Å². The van der Waals surface area contributed by atoms with Gasteiger partial charge in [-0.3, -0.25) is 4.90 Å². The van der Waals surface area contributed by atoms with Gasteiger partial charge in [-0.2, -0.15) is 0 Å². The maximum absolute atomic E-state index is 3.37. The molecular formula is C10H16N2. The molecule has 2 heteroatoms. The van der Waals surface area contributed by atoms with E-state index in [1.165, 1.54) is 19.5 Å². The Bertz CT molecular complexity index is 190. The lowest BCUT2D eigenvalue weighted by Crippen LogP contribution is -2.47. The molecular weight excluding hydrogens is 148 g/mol. The van der Waals surface area contributed by atoms with Gasteiger partial charge in [0, 0.05) is 32.2 Å². The molecule has 1 aliphatic carbocycles. The lowest BCUT2D eigenvalue weighted by Gasteiger charge is -2.33. The predicted molar refractivity (Wildman–Crippen MR) is 51.1 cm³/mol. The molecule has 1 N–H and O–H groups in total. The summed E-state index contributed by atoms with van der Waals surface area (Å²) in [6.07, 6.45) is 10.1. The fraction of sp³-hybridized carbons (Fsp3) is 0.600. The first-order chi connectivity index (χ1) is 5.97. The van der Waals surface area contributed by atoms with Gasteiger partial charge in [0.25, 0.3) is 0 Å². The van der Waals surface area contributed by atoms with Gasteiger partial charge in [-0.15, -0.1) is 0 Å². The van der Waals surface area contributed by atoms with Crippen LogP contribution in [0.2, 0.25) is 0 Å². The monoisotopic (exact) mass is 164 g/mol. The van der Waals surface area contributed by atoms with Crippen molar-refractivity contribution in [3.63, 3.8) is 0 Å².